The first kappa shape index (κ1) is 15.1. The van der Waals surface area contributed by atoms with Crippen molar-refractivity contribution in [1.29, 1.82) is 0 Å². The lowest BCUT2D eigenvalue weighted by Gasteiger charge is -2.24. The van der Waals surface area contributed by atoms with E-state index in [2.05, 4.69) is 10.3 Å². The number of aromatic nitrogens is 1. The summed E-state index contributed by atoms with van der Waals surface area (Å²) < 4.78 is 38.7. The molecular weight excluding hydrogens is 289 g/mol. The number of hydrogen-bond acceptors (Lipinski definition) is 4. The maximum absolute atomic E-state index is 12.9. The number of rotatable bonds is 3. The van der Waals surface area contributed by atoms with Crippen LogP contribution in [0.25, 0.3) is 0 Å². The highest BCUT2D eigenvalue weighted by molar-refractivity contribution is 6.07. The van der Waals surface area contributed by atoms with Gasteiger partial charge in [0.1, 0.15) is 5.82 Å². The van der Waals surface area contributed by atoms with E-state index in [-0.39, 0.29) is 6.54 Å². The molecule has 21 heavy (non-hydrogen) atoms. The van der Waals surface area contributed by atoms with Crippen molar-refractivity contribution in [2.75, 3.05) is 12.4 Å². The normalized spacial score (nSPS) is 22.4. The number of carbonyl (C=O) groups excluding carboxylic acids is 2. The van der Waals surface area contributed by atoms with Crippen LogP contribution in [0.15, 0.2) is 18.2 Å². The lowest BCUT2D eigenvalue weighted by Crippen LogP contribution is -2.56. The van der Waals surface area contributed by atoms with Gasteiger partial charge in [-0.15, -0.1) is 0 Å². The molecule has 2 N–H and O–H groups in total. The SMILES string of the molecule is CNc1cccc(CN2C(=O)NC(C)(C(F)(F)F)C2=O)n1. The smallest absolute Gasteiger partial charge is 0.373 e. The number of carbonyl (C=O) groups is 2. The molecule has 1 aliphatic heterocycles. The summed E-state index contributed by atoms with van der Waals surface area (Å²) in [5, 5.41) is 4.45. The van der Waals surface area contributed by atoms with E-state index < -0.39 is 23.7 Å². The van der Waals surface area contributed by atoms with Gasteiger partial charge in [-0.2, -0.15) is 13.2 Å². The van der Waals surface area contributed by atoms with Gasteiger partial charge >= 0.3 is 12.2 Å². The number of hydrogen-bond donors (Lipinski definition) is 2. The molecule has 1 aromatic rings. The van der Waals surface area contributed by atoms with Crippen LogP contribution >= 0.6 is 0 Å². The number of nitrogens with one attached hydrogen (secondary N) is 2. The van der Waals surface area contributed by atoms with Crippen molar-refractivity contribution >= 4 is 17.8 Å². The minimum Gasteiger partial charge on any atom is -0.373 e. The Balaban J connectivity index is 2.25. The molecule has 0 spiro atoms. The third kappa shape index (κ3) is 2.50. The van der Waals surface area contributed by atoms with Gasteiger partial charge in [0, 0.05) is 7.05 Å². The van der Waals surface area contributed by atoms with E-state index in [1.165, 1.54) is 6.07 Å². The molecule has 1 aliphatic rings. The molecule has 6 nitrogen and oxygen atoms in total. The summed E-state index contributed by atoms with van der Waals surface area (Å²) in [7, 11) is 1.63. The Morgan fingerprint density at radius 3 is 2.57 bits per heavy atom. The van der Waals surface area contributed by atoms with E-state index in [1.54, 1.807) is 24.5 Å². The maximum Gasteiger partial charge on any atom is 0.420 e. The minimum atomic E-state index is -4.87. The third-order valence-corrected chi connectivity index (χ3v) is 3.22. The van der Waals surface area contributed by atoms with E-state index in [0.29, 0.717) is 23.3 Å². The van der Waals surface area contributed by atoms with Crippen LogP contribution in [-0.4, -0.2) is 40.6 Å². The third-order valence-electron chi connectivity index (χ3n) is 3.22. The van der Waals surface area contributed by atoms with Crippen molar-refractivity contribution < 1.29 is 22.8 Å². The molecule has 3 amide bonds. The van der Waals surface area contributed by atoms with Gasteiger partial charge in [0.2, 0.25) is 5.54 Å². The number of alkyl halides is 3. The summed E-state index contributed by atoms with van der Waals surface area (Å²) in [5.41, 5.74) is -2.60. The molecule has 2 heterocycles. The number of urea groups is 1. The van der Waals surface area contributed by atoms with E-state index in [4.69, 9.17) is 0 Å². The maximum atomic E-state index is 12.9. The zero-order valence-electron chi connectivity index (χ0n) is 11.3. The van der Waals surface area contributed by atoms with Crippen LogP contribution in [0.2, 0.25) is 0 Å². The lowest BCUT2D eigenvalue weighted by atomic mass is 10.0. The molecule has 114 valence electrons. The highest BCUT2D eigenvalue weighted by atomic mass is 19.4. The summed E-state index contributed by atoms with van der Waals surface area (Å²) in [6, 6.07) is 3.70. The van der Waals surface area contributed by atoms with Crippen LogP contribution in [-0.2, 0) is 11.3 Å². The van der Waals surface area contributed by atoms with Crippen molar-refractivity contribution in [2.24, 2.45) is 0 Å². The van der Waals surface area contributed by atoms with Gasteiger partial charge in [-0.3, -0.25) is 9.69 Å². The predicted molar refractivity (Wildman–Crippen MR) is 67.3 cm³/mol. The highest BCUT2D eigenvalue weighted by Gasteiger charge is 2.64. The Labute approximate surface area is 118 Å². The molecule has 1 fully saturated rings. The summed E-state index contributed by atoms with van der Waals surface area (Å²) in [4.78, 5) is 28.2. The quantitative estimate of drug-likeness (QED) is 0.830. The minimum absolute atomic E-state index is 0.303. The first-order valence-electron chi connectivity index (χ1n) is 6.03. The summed E-state index contributed by atoms with van der Waals surface area (Å²) >= 11 is 0. The number of imide groups is 1. The van der Waals surface area contributed by atoms with E-state index in [9.17, 15) is 22.8 Å². The summed E-state index contributed by atoms with van der Waals surface area (Å²) in [5.74, 6) is -0.852. The number of anilines is 1. The van der Waals surface area contributed by atoms with Crippen LogP contribution in [0.3, 0.4) is 0 Å². The number of halogens is 3. The number of amides is 3. The van der Waals surface area contributed by atoms with E-state index in [1.807, 2.05) is 0 Å². The van der Waals surface area contributed by atoms with Crippen LogP contribution in [0, 0.1) is 0 Å². The molecule has 1 unspecified atom stereocenters. The molecule has 1 aromatic heterocycles. The monoisotopic (exact) mass is 302 g/mol. The van der Waals surface area contributed by atoms with Gasteiger partial charge in [0.25, 0.3) is 5.91 Å². The van der Waals surface area contributed by atoms with Gasteiger partial charge in [-0.1, -0.05) is 6.07 Å². The number of nitrogens with zero attached hydrogens (tertiary/aromatic N) is 2. The van der Waals surface area contributed by atoms with Gasteiger partial charge in [0.15, 0.2) is 0 Å². The van der Waals surface area contributed by atoms with Crippen LogP contribution in [0.1, 0.15) is 12.6 Å². The molecule has 9 heteroatoms. The topological polar surface area (TPSA) is 74.3 Å². The average Bonchev–Trinajstić information content (AvgIpc) is 2.63. The molecule has 1 saturated heterocycles. The lowest BCUT2D eigenvalue weighted by molar-refractivity contribution is -0.191. The van der Waals surface area contributed by atoms with Crippen molar-refractivity contribution in [1.82, 2.24) is 15.2 Å². The first-order chi connectivity index (χ1) is 9.69. The van der Waals surface area contributed by atoms with Gasteiger partial charge < -0.3 is 10.6 Å². The summed E-state index contributed by atoms with van der Waals surface area (Å²) in [6.45, 7) is 0.316. The molecule has 0 radical (unpaired) electrons. The van der Waals surface area contributed by atoms with Crippen LogP contribution < -0.4 is 10.6 Å². The Bertz CT molecular complexity index is 590. The van der Waals surface area contributed by atoms with E-state index >= 15 is 0 Å². The first-order valence-corrected chi connectivity index (χ1v) is 6.03. The van der Waals surface area contributed by atoms with Gasteiger partial charge in [0.05, 0.1) is 12.2 Å². The Hall–Kier alpha value is -2.32. The fourth-order valence-corrected chi connectivity index (χ4v) is 1.90. The highest BCUT2D eigenvalue weighted by Crippen LogP contribution is 2.35. The second kappa shape index (κ2) is 4.90. The Morgan fingerprint density at radius 1 is 1.38 bits per heavy atom. The summed E-state index contributed by atoms with van der Waals surface area (Å²) in [6.07, 6.45) is -4.87. The standard InChI is InChI=1S/C12H13F3N4O2/c1-11(12(13,14)15)9(20)19(10(21)18-11)6-7-4-3-5-8(16-2)17-7/h3-5H,6H2,1-2H3,(H,16,17)(H,18,21). The second-order valence-corrected chi connectivity index (χ2v) is 4.71. The van der Waals surface area contributed by atoms with Crippen LogP contribution in [0.4, 0.5) is 23.8 Å². The van der Waals surface area contributed by atoms with Crippen molar-refractivity contribution in [3.05, 3.63) is 23.9 Å². The van der Waals surface area contributed by atoms with E-state index in [0.717, 1.165) is 0 Å². The van der Waals surface area contributed by atoms with Crippen molar-refractivity contribution in [3.8, 4) is 0 Å². The molecular formula is C12H13F3N4O2. The Kier molecular flexibility index (Phi) is 3.52. The number of pyridine rings is 1. The zero-order valence-corrected chi connectivity index (χ0v) is 11.3. The molecule has 0 saturated carbocycles. The van der Waals surface area contributed by atoms with Crippen LogP contribution in [0.5, 0.6) is 0 Å². The average molecular weight is 302 g/mol. The predicted octanol–water partition coefficient (Wildman–Crippen LogP) is 1.50. The second-order valence-electron chi connectivity index (χ2n) is 4.71. The zero-order chi connectivity index (χ0) is 15.8. The molecule has 2 rings (SSSR count). The van der Waals surface area contributed by atoms with Gasteiger partial charge in [-0.05, 0) is 19.1 Å². The van der Waals surface area contributed by atoms with Crippen molar-refractivity contribution in [2.45, 2.75) is 25.2 Å². The largest absolute Gasteiger partial charge is 0.420 e. The fourth-order valence-electron chi connectivity index (χ4n) is 1.90. The molecule has 0 aliphatic carbocycles. The van der Waals surface area contributed by atoms with Crippen molar-refractivity contribution in [3.63, 3.8) is 0 Å². The molecule has 0 bridgehead atoms. The fraction of sp³-hybridized carbons (Fsp3) is 0.417. The van der Waals surface area contributed by atoms with Gasteiger partial charge in [-0.25, -0.2) is 9.78 Å². The molecule has 1 atom stereocenters. The molecule has 0 aromatic carbocycles. The Morgan fingerprint density at radius 2 is 2.05 bits per heavy atom.